The van der Waals surface area contributed by atoms with Crippen molar-refractivity contribution >= 4 is 11.7 Å². The van der Waals surface area contributed by atoms with Crippen molar-refractivity contribution in [1.29, 1.82) is 0 Å². The van der Waals surface area contributed by atoms with Crippen LogP contribution in [0.2, 0.25) is 0 Å². The highest BCUT2D eigenvalue weighted by molar-refractivity contribution is 5.78. The molecule has 1 heterocycles. The van der Waals surface area contributed by atoms with E-state index in [9.17, 15) is 9.59 Å². The Labute approximate surface area is 171 Å². The summed E-state index contributed by atoms with van der Waals surface area (Å²) >= 11 is 0. The highest BCUT2D eigenvalue weighted by Gasteiger charge is 2.18. The molecule has 6 heteroatoms. The van der Waals surface area contributed by atoms with Crippen LogP contribution in [0.1, 0.15) is 43.9 Å². The first-order valence-electron chi connectivity index (χ1n) is 9.95. The number of Topliss-reactive ketones (excluding diaryl/α,β-unsaturated/α-hetero) is 1. The molecule has 0 saturated heterocycles. The van der Waals surface area contributed by atoms with Crippen molar-refractivity contribution < 1.29 is 23.8 Å². The second-order valence-corrected chi connectivity index (χ2v) is 7.07. The number of fused-ring (bicyclic) bond motifs is 1. The highest BCUT2D eigenvalue weighted by Crippen LogP contribution is 2.33. The SMILES string of the molecule is CCC(NC(=O)COc1ccc(CCC(C)=O)cc1)c1ccc2c(c1)OCCO2. The molecule has 0 aromatic heterocycles. The van der Waals surface area contributed by atoms with Gasteiger partial charge in [-0.05, 0) is 55.2 Å². The smallest absolute Gasteiger partial charge is 0.258 e. The molecule has 6 nitrogen and oxygen atoms in total. The summed E-state index contributed by atoms with van der Waals surface area (Å²) in [5.41, 5.74) is 2.04. The minimum atomic E-state index is -0.188. The van der Waals surface area contributed by atoms with Crippen LogP contribution in [0.4, 0.5) is 0 Å². The van der Waals surface area contributed by atoms with Crippen LogP contribution in [-0.4, -0.2) is 31.5 Å². The Morgan fingerprint density at radius 2 is 1.79 bits per heavy atom. The lowest BCUT2D eigenvalue weighted by Gasteiger charge is -2.22. The zero-order valence-electron chi connectivity index (χ0n) is 16.9. The fourth-order valence-electron chi connectivity index (χ4n) is 3.16. The Kier molecular flexibility index (Phi) is 7.11. The number of aryl methyl sites for hydroxylation is 1. The van der Waals surface area contributed by atoms with Crippen molar-refractivity contribution in [2.75, 3.05) is 19.8 Å². The van der Waals surface area contributed by atoms with E-state index in [1.54, 1.807) is 6.92 Å². The third kappa shape index (κ3) is 5.98. The van der Waals surface area contributed by atoms with Crippen LogP contribution in [0.15, 0.2) is 42.5 Å². The standard InChI is InChI=1S/C23H27NO5/c1-3-20(18-8-11-21-22(14-18)28-13-12-27-21)24-23(26)15-29-19-9-6-17(7-10-19)5-4-16(2)25/h6-11,14,20H,3-5,12-13,15H2,1-2H3,(H,24,26). The van der Waals surface area contributed by atoms with E-state index in [2.05, 4.69) is 5.32 Å². The molecule has 3 rings (SSSR count). The molecule has 0 bridgehead atoms. The number of amides is 1. The number of carbonyl (C=O) groups excluding carboxylic acids is 2. The Balaban J connectivity index is 1.52. The summed E-state index contributed by atoms with van der Waals surface area (Å²) in [5.74, 6) is 2.05. The summed E-state index contributed by atoms with van der Waals surface area (Å²) in [6.07, 6.45) is 1.99. The van der Waals surface area contributed by atoms with Crippen molar-refractivity contribution in [2.24, 2.45) is 0 Å². The van der Waals surface area contributed by atoms with E-state index >= 15 is 0 Å². The normalized spacial score (nSPS) is 13.4. The van der Waals surface area contributed by atoms with Crippen molar-refractivity contribution in [1.82, 2.24) is 5.32 Å². The van der Waals surface area contributed by atoms with E-state index in [-0.39, 0.29) is 24.3 Å². The number of ether oxygens (including phenoxy) is 3. The molecule has 2 aromatic rings. The van der Waals surface area contributed by atoms with Gasteiger partial charge in [-0.2, -0.15) is 0 Å². The summed E-state index contributed by atoms with van der Waals surface area (Å²) in [5, 5.41) is 3.01. The minimum Gasteiger partial charge on any atom is -0.486 e. The lowest BCUT2D eigenvalue weighted by Crippen LogP contribution is -2.32. The number of hydrogen-bond acceptors (Lipinski definition) is 5. The maximum Gasteiger partial charge on any atom is 0.258 e. The molecule has 1 amide bonds. The average Bonchev–Trinajstić information content (AvgIpc) is 2.75. The van der Waals surface area contributed by atoms with E-state index in [0.717, 1.165) is 23.3 Å². The van der Waals surface area contributed by atoms with Gasteiger partial charge in [-0.1, -0.05) is 25.1 Å². The predicted octanol–water partition coefficient (Wildman–Crippen LogP) is 3.63. The minimum absolute atomic E-state index is 0.0617. The van der Waals surface area contributed by atoms with Gasteiger partial charge in [-0.3, -0.25) is 4.79 Å². The average molecular weight is 397 g/mol. The lowest BCUT2D eigenvalue weighted by molar-refractivity contribution is -0.124. The molecule has 1 aliphatic heterocycles. The molecular formula is C23H27NO5. The Bertz CT molecular complexity index is 847. The van der Waals surface area contributed by atoms with Gasteiger partial charge in [0.15, 0.2) is 18.1 Å². The number of carbonyl (C=O) groups is 2. The lowest BCUT2D eigenvalue weighted by atomic mass is 10.0. The number of benzene rings is 2. The summed E-state index contributed by atoms with van der Waals surface area (Å²) < 4.78 is 16.8. The van der Waals surface area contributed by atoms with Gasteiger partial charge in [0.1, 0.15) is 24.7 Å². The highest BCUT2D eigenvalue weighted by atomic mass is 16.6. The van der Waals surface area contributed by atoms with Gasteiger partial charge in [-0.25, -0.2) is 0 Å². The van der Waals surface area contributed by atoms with E-state index in [1.807, 2.05) is 49.4 Å². The zero-order chi connectivity index (χ0) is 20.6. The van der Waals surface area contributed by atoms with Gasteiger partial charge >= 0.3 is 0 Å². The van der Waals surface area contributed by atoms with Crippen molar-refractivity contribution in [2.45, 2.75) is 39.2 Å². The van der Waals surface area contributed by atoms with Crippen LogP contribution in [-0.2, 0) is 16.0 Å². The van der Waals surface area contributed by atoms with E-state index in [1.165, 1.54) is 0 Å². The van der Waals surface area contributed by atoms with E-state index in [0.29, 0.717) is 37.6 Å². The number of hydrogen-bond donors (Lipinski definition) is 1. The summed E-state index contributed by atoms with van der Waals surface area (Å²) in [4.78, 5) is 23.4. The number of nitrogens with one attached hydrogen (secondary N) is 1. The Hall–Kier alpha value is -3.02. The first-order chi connectivity index (χ1) is 14.0. The molecule has 1 N–H and O–H groups in total. The van der Waals surface area contributed by atoms with Gasteiger partial charge in [0.25, 0.3) is 5.91 Å². The number of rotatable bonds is 9. The topological polar surface area (TPSA) is 73.9 Å². The maximum absolute atomic E-state index is 12.4. The summed E-state index contributed by atoms with van der Waals surface area (Å²) in [7, 11) is 0. The summed E-state index contributed by atoms with van der Waals surface area (Å²) in [6, 6.07) is 13.1. The van der Waals surface area contributed by atoms with Gasteiger partial charge in [0.05, 0.1) is 6.04 Å². The third-order valence-corrected chi connectivity index (χ3v) is 4.77. The third-order valence-electron chi connectivity index (χ3n) is 4.77. The molecule has 0 spiro atoms. The van der Waals surface area contributed by atoms with Crippen LogP contribution >= 0.6 is 0 Å². The maximum atomic E-state index is 12.4. The molecule has 1 atom stereocenters. The Morgan fingerprint density at radius 1 is 1.07 bits per heavy atom. The van der Waals surface area contributed by atoms with Gasteiger partial charge < -0.3 is 24.3 Å². The van der Waals surface area contributed by atoms with Gasteiger partial charge in [0.2, 0.25) is 0 Å². The van der Waals surface area contributed by atoms with Gasteiger partial charge in [0, 0.05) is 6.42 Å². The quantitative estimate of drug-likeness (QED) is 0.700. The van der Waals surface area contributed by atoms with Crippen molar-refractivity contribution in [3.8, 4) is 17.2 Å². The second-order valence-electron chi connectivity index (χ2n) is 7.07. The molecular weight excluding hydrogens is 370 g/mol. The van der Waals surface area contributed by atoms with Crippen LogP contribution in [0.25, 0.3) is 0 Å². The molecule has 154 valence electrons. The van der Waals surface area contributed by atoms with Crippen molar-refractivity contribution in [3.05, 3.63) is 53.6 Å². The Morgan fingerprint density at radius 3 is 2.48 bits per heavy atom. The molecule has 2 aromatic carbocycles. The predicted molar refractivity (Wildman–Crippen MR) is 110 cm³/mol. The zero-order valence-corrected chi connectivity index (χ0v) is 16.9. The molecule has 0 radical (unpaired) electrons. The fraction of sp³-hybridized carbons (Fsp3) is 0.391. The fourth-order valence-corrected chi connectivity index (χ4v) is 3.16. The molecule has 29 heavy (non-hydrogen) atoms. The van der Waals surface area contributed by atoms with Crippen LogP contribution in [0.5, 0.6) is 17.2 Å². The molecule has 1 unspecified atom stereocenters. The molecule has 1 aliphatic rings. The van der Waals surface area contributed by atoms with Crippen LogP contribution in [0.3, 0.4) is 0 Å². The van der Waals surface area contributed by atoms with E-state index < -0.39 is 0 Å². The van der Waals surface area contributed by atoms with Crippen LogP contribution < -0.4 is 19.5 Å². The largest absolute Gasteiger partial charge is 0.486 e. The van der Waals surface area contributed by atoms with Crippen LogP contribution in [0, 0.1) is 0 Å². The number of ketones is 1. The monoisotopic (exact) mass is 397 g/mol. The van der Waals surface area contributed by atoms with Crippen molar-refractivity contribution in [3.63, 3.8) is 0 Å². The second kappa shape index (κ2) is 9.96. The van der Waals surface area contributed by atoms with Gasteiger partial charge in [-0.15, -0.1) is 0 Å². The first kappa shape index (κ1) is 20.7. The first-order valence-corrected chi connectivity index (χ1v) is 9.95. The van der Waals surface area contributed by atoms with E-state index in [4.69, 9.17) is 14.2 Å². The summed E-state index contributed by atoms with van der Waals surface area (Å²) in [6.45, 7) is 4.62. The molecule has 0 aliphatic carbocycles. The molecule has 0 fully saturated rings. The molecule has 0 saturated carbocycles.